The van der Waals surface area contributed by atoms with E-state index in [0.29, 0.717) is 0 Å². The topological polar surface area (TPSA) is 25.8 Å². The molecule has 2 rings (SSSR count). The highest BCUT2D eigenvalue weighted by molar-refractivity contribution is 5.83. The van der Waals surface area contributed by atoms with Crippen LogP contribution in [0, 0.1) is 6.92 Å². The van der Waals surface area contributed by atoms with Crippen LogP contribution < -0.4 is 0 Å². The van der Waals surface area contributed by atoms with Crippen molar-refractivity contribution in [1.29, 1.82) is 0 Å². The molecule has 0 aliphatic carbocycles. The van der Waals surface area contributed by atoms with Gasteiger partial charge in [-0.25, -0.2) is 0 Å². The number of fused-ring (bicyclic) bond motifs is 1. The zero-order chi connectivity index (χ0) is 7.68. The summed E-state index contributed by atoms with van der Waals surface area (Å²) in [6.45, 7) is 2.04. The molecule has 2 aromatic heterocycles. The number of aromatic nitrogens is 2. The molecule has 0 fully saturated rings. The summed E-state index contributed by atoms with van der Waals surface area (Å²) >= 11 is 0. The van der Waals surface area contributed by atoms with Crippen LogP contribution in [0.3, 0.4) is 0 Å². The Morgan fingerprint density at radius 2 is 2.00 bits per heavy atom. The fourth-order valence-corrected chi connectivity index (χ4v) is 1.15. The number of rotatable bonds is 0. The van der Waals surface area contributed by atoms with Gasteiger partial charge in [0.05, 0.1) is 0 Å². The lowest BCUT2D eigenvalue weighted by molar-refractivity contribution is 1.28. The van der Waals surface area contributed by atoms with Crippen molar-refractivity contribution in [2.24, 2.45) is 0 Å². The molecule has 0 atom stereocenters. The molecule has 0 bridgehead atoms. The monoisotopic (exact) mass is 144 g/mol. The summed E-state index contributed by atoms with van der Waals surface area (Å²) in [6.07, 6.45) is 7.35. The van der Waals surface area contributed by atoms with Crippen LogP contribution in [0.2, 0.25) is 0 Å². The van der Waals surface area contributed by atoms with Crippen molar-refractivity contribution in [3.8, 4) is 0 Å². The van der Waals surface area contributed by atoms with Gasteiger partial charge in [-0.2, -0.15) is 0 Å². The van der Waals surface area contributed by atoms with Gasteiger partial charge in [0.2, 0.25) is 0 Å². The fourth-order valence-electron chi connectivity index (χ4n) is 1.15. The molecule has 11 heavy (non-hydrogen) atoms. The van der Waals surface area contributed by atoms with Gasteiger partial charge in [0.1, 0.15) is 0 Å². The first-order valence-corrected chi connectivity index (χ1v) is 3.52. The van der Waals surface area contributed by atoms with Crippen molar-refractivity contribution in [2.45, 2.75) is 6.92 Å². The Morgan fingerprint density at radius 3 is 2.82 bits per heavy atom. The number of hydrogen-bond acceptors (Lipinski definition) is 2. The van der Waals surface area contributed by atoms with Gasteiger partial charge in [0.25, 0.3) is 0 Å². The lowest BCUT2D eigenvalue weighted by Crippen LogP contribution is -1.81. The molecule has 0 radical (unpaired) electrons. The third kappa shape index (κ3) is 0.963. The maximum absolute atomic E-state index is 4.08. The van der Waals surface area contributed by atoms with Crippen LogP contribution in [-0.2, 0) is 0 Å². The zero-order valence-electron chi connectivity index (χ0n) is 6.28. The highest BCUT2D eigenvalue weighted by Crippen LogP contribution is 2.13. The predicted molar refractivity (Wildman–Crippen MR) is 44.3 cm³/mol. The molecule has 0 aromatic carbocycles. The van der Waals surface area contributed by atoms with Gasteiger partial charge in [-0.15, -0.1) is 0 Å². The molecule has 2 heterocycles. The summed E-state index contributed by atoms with van der Waals surface area (Å²) in [6, 6.07) is 1.97. The van der Waals surface area contributed by atoms with Gasteiger partial charge in [-0.05, 0) is 18.6 Å². The Morgan fingerprint density at radius 1 is 1.09 bits per heavy atom. The van der Waals surface area contributed by atoms with E-state index < -0.39 is 0 Å². The quantitative estimate of drug-likeness (QED) is 0.564. The van der Waals surface area contributed by atoms with Crippen molar-refractivity contribution < 1.29 is 0 Å². The van der Waals surface area contributed by atoms with Crippen LogP contribution >= 0.6 is 0 Å². The van der Waals surface area contributed by atoms with Crippen LogP contribution in [0.15, 0.2) is 30.9 Å². The summed E-state index contributed by atoms with van der Waals surface area (Å²) in [7, 11) is 0. The first kappa shape index (κ1) is 6.28. The summed E-state index contributed by atoms with van der Waals surface area (Å²) in [5.74, 6) is 0. The van der Waals surface area contributed by atoms with E-state index in [-0.39, 0.29) is 0 Å². The molecule has 0 spiro atoms. The second kappa shape index (κ2) is 2.31. The molecule has 2 heteroatoms. The fraction of sp³-hybridized carbons (Fsp3) is 0.111. The van der Waals surface area contributed by atoms with Crippen molar-refractivity contribution in [3.05, 3.63) is 36.4 Å². The molecular formula is C9H8N2. The standard InChI is InChI=1S/C9H8N2/c1-7-4-11-5-8-2-3-10-6-9(7)8/h2-6H,1H3. The molecule has 0 saturated carbocycles. The summed E-state index contributed by atoms with van der Waals surface area (Å²) in [5.41, 5.74) is 1.18. The van der Waals surface area contributed by atoms with Gasteiger partial charge >= 0.3 is 0 Å². The average molecular weight is 144 g/mol. The number of aryl methyl sites for hydroxylation is 1. The van der Waals surface area contributed by atoms with Crippen molar-refractivity contribution >= 4 is 10.8 Å². The maximum atomic E-state index is 4.08. The summed E-state index contributed by atoms with van der Waals surface area (Å²) in [4.78, 5) is 8.13. The molecule has 0 unspecified atom stereocenters. The van der Waals surface area contributed by atoms with E-state index in [1.165, 1.54) is 10.9 Å². The van der Waals surface area contributed by atoms with Crippen LogP contribution in [0.25, 0.3) is 10.8 Å². The number of hydrogen-bond donors (Lipinski definition) is 0. The van der Waals surface area contributed by atoms with Gasteiger partial charge in [-0.1, -0.05) is 0 Å². The van der Waals surface area contributed by atoms with Crippen LogP contribution in [0.1, 0.15) is 5.56 Å². The smallest absolute Gasteiger partial charge is 0.0350 e. The van der Waals surface area contributed by atoms with Gasteiger partial charge in [0.15, 0.2) is 0 Å². The minimum absolute atomic E-state index is 1.15. The molecule has 54 valence electrons. The molecule has 0 aliphatic heterocycles. The predicted octanol–water partition coefficient (Wildman–Crippen LogP) is 1.94. The van der Waals surface area contributed by atoms with E-state index in [1.807, 2.05) is 31.6 Å². The summed E-state index contributed by atoms with van der Waals surface area (Å²) in [5, 5.41) is 2.34. The van der Waals surface area contributed by atoms with E-state index in [2.05, 4.69) is 9.97 Å². The lowest BCUT2D eigenvalue weighted by atomic mass is 10.1. The third-order valence-corrected chi connectivity index (χ3v) is 1.76. The first-order valence-electron chi connectivity index (χ1n) is 3.52. The Balaban J connectivity index is 2.91. The normalized spacial score (nSPS) is 10.3. The molecule has 0 saturated heterocycles. The van der Waals surface area contributed by atoms with Crippen molar-refractivity contribution in [3.63, 3.8) is 0 Å². The third-order valence-electron chi connectivity index (χ3n) is 1.76. The van der Waals surface area contributed by atoms with E-state index >= 15 is 0 Å². The number of nitrogens with zero attached hydrogens (tertiary/aromatic N) is 2. The molecule has 0 aliphatic rings. The van der Waals surface area contributed by atoms with E-state index in [4.69, 9.17) is 0 Å². The van der Waals surface area contributed by atoms with E-state index in [0.717, 1.165) is 5.39 Å². The molecule has 0 amide bonds. The Labute approximate surface area is 64.9 Å². The van der Waals surface area contributed by atoms with Crippen LogP contribution in [-0.4, -0.2) is 9.97 Å². The summed E-state index contributed by atoms with van der Waals surface area (Å²) < 4.78 is 0. The minimum Gasteiger partial charge on any atom is -0.264 e. The Hall–Kier alpha value is -1.44. The molecule has 2 aromatic rings. The van der Waals surface area contributed by atoms with Crippen molar-refractivity contribution in [1.82, 2.24) is 9.97 Å². The van der Waals surface area contributed by atoms with Crippen LogP contribution in [0.5, 0.6) is 0 Å². The highest BCUT2D eigenvalue weighted by Gasteiger charge is 1.93. The highest BCUT2D eigenvalue weighted by atomic mass is 14.6. The first-order chi connectivity index (χ1) is 5.38. The zero-order valence-corrected chi connectivity index (χ0v) is 6.28. The largest absolute Gasteiger partial charge is 0.264 e. The number of pyridine rings is 2. The molecule has 2 nitrogen and oxygen atoms in total. The van der Waals surface area contributed by atoms with Gasteiger partial charge in [-0.3, -0.25) is 9.97 Å². The average Bonchev–Trinajstić information content (AvgIpc) is 2.06. The molecule has 0 N–H and O–H groups in total. The van der Waals surface area contributed by atoms with Crippen molar-refractivity contribution in [2.75, 3.05) is 0 Å². The van der Waals surface area contributed by atoms with Gasteiger partial charge in [0, 0.05) is 35.6 Å². The molecular weight excluding hydrogens is 136 g/mol. The maximum Gasteiger partial charge on any atom is 0.0350 e. The van der Waals surface area contributed by atoms with E-state index in [1.54, 1.807) is 6.20 Å². The van der Waals surface area contributed by atoms with E-state index in [9.17, 15) is 0 Å². The lowest BCUT2D eigenvalue weighted by Gasteiger charge is -1.97. The Bertz CT molecular complexity index is 377. The SMILES string of the molecule is Cc1cncc2ccncc12. The van der Waals surface area contributed by atoms with Gasteiger partial charge < -0.3 is 0 Å². The minimum atomic E-state index is 1.15. The Kier molecular flexibility index (Phi) is 1.32. The second-order valence-electron chi connectivity index (χ2n) is 2.55. The second-order valence-corrected chi connectivity index (χ2v) is 2.55. The van der Waals surface area contributed by atoms with Crippen LogP contribution in [0.4, 0.5) is 0 Å².